The number of furan rings is 1. The van der Waals surface area contributed by atoms with Crippen LogP contribution in [0.15, 0.2) is 168 Å². The minimum atomic E-state index is 0.600. The van der Waals surface area contributed by atoms with Crippen molar-refractivity contribution in [1.29, 1.82) is 0 Å². The van der Waals surface area contributed by atoms with Gasteiger partial charge in [-0.1, -0.05) is 140 Å². The highest BCUT2D eigenvalue weighted by Gasteiger charge is 2.20. The summed E-state index contributed by atoms with van der Waals surface area (Å²) in [5.41, 5.74) is 8.82. The molecule has 0 saturated heterocycles. The lowest BCUT2D eigenvalue weighted by Gasteiger charge is -2.11. The maximum absolute atomic E-state index is 6.63. The van der Waals surface area contributed by atoms with E-state index in [-0.39, 0.29) is 0 Å². The highest BCUT2D eigenvalue weighted by atomic mass is 16.3. The third-order valence-corrected chi connectivity index (χ3v) is 8.75. The van der Waals surface area contributed by atoms with Crippen LogP contribution in [-0.4, -0.2) is 15.0 Å². The van der Waals surface area contributed by atoms with E-state index in [1.165, 1.54) is 16.3 Å². The van der Waals surface area contributed by atoms with Crippen LogP contribution in [0, 0.1) is 0 Å². The molecule has 0 aliphatic rings. The second-order valence-electron chi connectivity index (χ2n) is 11.6. The number of para-hydroxylation sites is 1. The molecule has 0 atom stereocenters. The summed E-state index contributed by atoms with van der Waals surface area (Å²) in [4.78, 5) is 15.2. The molecule has 0 N–H and O–H groups in total. The van der Waals surface area contributed by atoms with Gasteiger partial charge in [-0.25, -0.2) is 15.0 Å². The predicted molar refractivity (Wildman–Crippen MR) is 192 cm³/mol. The normalized spacial score (nSPS) is 11.4. The van der Waals surface area contributed by atoms with Gasteiger partial charge in [0, 0.05) is 33.0 Å². The summed E-state index contributed by atoms with van der Waals surface area (Å²) in [6.07, 6.45) is 0. The zero-order valence-corrected chi connectivity index (χ0v) is 25.3. The third-order valence-electron chi connectivity index (χ3n) is 8.75. The number of rotatable bonds is 5. The van der Waals surface area contributed by atoms with Crippen molar-refractivity contribution in [1.82, 2.24) is 15.0 Å². The van der Waals surface area contributed by atoms with Crippen LogP contribution < -0.4 is 0 Å². The Bertz CT molecular complexity index is 2550. The first-order chi connectivity index (χ1) is 23.3. The van der Waals surface area contributed by atoms with E-state index in [1.54, 1.807) is 0 Å². The molecule has 9 rings (SSSR count). The summed E-state index contributed by atoms with van der Waals surface area (Å²) in [6, 6.07) is 56.3. The molecular weight excluding hydrogens is 574 g/mol. The van der Waals surface area contributed by atoms with Crippen molar-refractivity contribution in [3.63, 3.8) is 0 Å². The van der Waals surface area contributed by atoms with E-state index < -0.39 is 0 Å². The predicted octanol–water partition coefficient (Wildman–Crippen LogP) is 11.3. The quantitative estimate of drug-likeness (QED) is 0.197. The maximum atomic E-state index is 6.63. The first-order valence-electron chi connectivity index (χ1n) is 15.7. The second kappa shape index (κ2) is 11.2. The van der Waals surface area contributed by atoms with Gasteiger partial charge in [0.2, 0.25) is 0 Å². The molecular formula is C43H27N3O. The summed E-state index contributed by atoms with van der Waals surface area (Å²) in [7, 11) is 0. The molecule has 4 nitrogen and oxygen atoms in total. The number of nitrogens with zero attached hydrogens (tertiary/aromatic N) is 3. The fraction of sp³-hybridized carbons (Fsp3) is 0. The smallest absolute Gasteiger partial charge is 0.164 e. The van der Waals surface area contributed by atoms with Gasteiger partial charge in [-0.15, -0.1) is 0 Å². The summed E-state index contributed by atoms with van der Waals surface area (Å²) in [5, 5.41) is 4.40. The Balaban J connectivity index is 1.26. The topological polar surface area (TPSA) is 51.8 Å². The van der Waals surface area contributed by atoms with E-state index in [4.69, 9.17) is 19.4 Å². The Morgan fingerprint density at radius 3 is 1.66 bits per heavy atom. The summed E-state index contributed by atoms with van der Waals surface area (Å²) >= 11 is 0. The van der Waals surface area contributed by atoms with E-state index in [0.717, 1.165) is 55.3 Å². The van der Waals surface area contributed by atoms with Crippen LogP contribution in [0.25, 0.3) is 89.1 Å². The van der Waals surface area contributed by atoms with Crippen LogP contribution in [-0.2, 0) is 0 Å². The van der Waals surface area contributed by atoms with Crippen molar-refractivity contribution in [3.05, 3.63) is 164 Å². The number of fused-ring (bicyclic) bond motifs is 4. The number of hydrogen-bond acceptors (Lipinski definition) is 4. The van der Waals surface area contributed by atoms with Crippen molar-refractivity contribution in [2.75, 3.05) is 0 Å². The first kappa shape index (κ1) is 27.0. The summed E-state index contributed by atoms with van der Waals surface area (Å²) in [5.74, 6) is 1.84. The molecule has 0 saturated carbocycles. The SMILES string of the molecule is c1ccc(-c2ccc(-c3nc(-c4ccccc4)nc(-c4ccc(-c5ccc6ccccc6c5)c5oc6ccccc6c45)n3)cc2)cc1. The molecule has 7 aromatic carbocycles. The van der Waals surface area contributed by atoms with Gasteiger partial charge in [0.25, 0.3) is 0 Å². The molecule has 2 aromatic heterocycles. The first-order valence-corrected chi connectivity index (χ1v) is 15.7. The summed E-state index contributed by atoms with van der Waals surface area (Å²) in [6.45, 7) is 0. The Morgan fingerprint density at radius 2 is 0.894 bits per heavy atom. The van der Waals surface area contributed by atoms with Crippen LogP contribution in [0.2, 0.25) is 0 Å². The van der Waals surface area contributed by atoms with Gasteiger partial charge >= 0.3 is 0 Å². The average Bonchev–Trinajstić information content (AvgIpc) is 3.55. The molecule has 2 heterocycles. The van der Waals surface area contributed by atoms with Gasteiger partial charge < -0.3 is 4.42 Å². The van der Waals surface area contributed by atoms with E-state index in [2.05, 4.69) is 109 Å². The van der Waals surface area contributed by atoms with Gasteiger partial charge in [-0.05, 0) is 51.7 Å². The molecule has 0 bridgehead atoms. The van der Waals surface area contributed by atoms with Gasteiger partial charge in [-0.3, -0.25) is 0 Å². The van der Waals surface area contributed by atoms with Crippen molar-refractivity contribution in [2.24, 2.45) is 0 Å². The van der Waals surface area contributed by atoms with Crippen LogP contribution in [0.5, 0.6) is 0 Å². The monoisotopic (exact) mass is 601 g/mol. The highest BCUT2D eigenvalue weighted by Crippen LogP contribution is 2.42. The Kier molecular flexibility index (Phi) is 6.43. The molecule has 0 unspecified atom stereocenters. The molecule has 0 aliphatic carbocycles. The fourth-order valence-corrected chi connectivity index (χ4v) is 6.38. The van der Waals surface area contributed by atoms with Gasteiger partial charge in [0.1, 0.15) is 11.2 Å². The van der Waals surface area contributed by atoms with E-state index in [0.29, 0.717) is 17.5 Å². The van der Waals surface area contributed by atoms with Crippen molar-refractivity contribution >= 4 is 32.7 Å². The zero-order valence-electron chi connectivity index (χ0n) is 25.3. The van der Waals surface area contributed by atoms with Crippen LogP contribution in [0.4, 0.5) is 0 Å². The number of aromatic nitrogens is 3. The molecule has 0 aliphatic heterocycles. The highest BCUT2D eigenvalue weighted by molar-refractivity contribution is 6.16. The lowest BCUT2D eigenvalue weighted by Crippen LogP contribution is -2.00. The molecule has 0 radical (unpaired) electrons. The van der Waals surface area contributed by atoms with Crippen LogP contribution in [0.3, 0.4) is 0 Å². The van der Waals surface area contributed by atoms with Crippen molar-refractivity contribution in [2.45, 2.75) is 0 Å². The summed E-state index contributed by atoms with van der Waals surface area (Å²) < 4.78 is 6.63. The Hall–Kier alpha value is -6.39. The Morgan fingerprint density at radius 1 is 0.362 bits per heavy atom. The minimum absolute atomic E-state index is 0.600. The largest absolute Gasteiger partial charge is 0.455 e. The lowest BCUT2D eigenvalue weighted by atomic mass is 9.96. The average molecular weight is 602 g/mol. The standard InChI is InChI=1S/C43H27N3O/c1-3-11-28(12-4-1)30-19-22-32(23-20-30)42-44-41(31-14-5-2-6-15-31)45-43(46-42)37-26-25-35(34-24-21-29-13-7-8-16-33(29)27-34)40-39(37)36-17-9-10-18-38(36)47-40/h1-27H. The van der Waals surface area contributed by atoms with Crippen molar-refractivity contribution in [3.8, 4) is 56.4 Å². The van der Waals surface area contributed by atoms with Gasteiger partial charge in [-0.2, -0.15) is 0 Å². The fourth-order valence-electron chi connectivity index (χ4n) is 6.38. The third kappa shape index (κ3) is 4.84. The van der Waals surface area contributed by atoms with Crippen LogP contribution in [0.1, 0.15) is 0 Å². The number of benzene rings is 7. The molecule has 0 fully saturated rings. The van der Waals surface area contributed by atoms with E-state index in [1.807, 2.05) is 54.6 Å². The molecule has 220 valence electrons. The van der Waals surface area contributed by atoms with Gasteiger partial charge in [0.05, 0.1) is 0 Å². The van der Waals surface area contributed by atoms with E-state index >= 15 is 0 Å². The van der Waals surface area contributed by atoms with Crippen LogP contribution >= 0.6 is 0 Å². The Labute approximate surface area is 271 Å². The number of hydrogen-bond donors (Lipinski definition) is 0. The van der Waals surface area contributed by atoms with Crippen molar-refractivity contribution < 1.29 is 4.42 Å². The second-order valence-corrected chi connectivity index (χ2v) is 11.6. The zero-order chi connectivity index (χ0) is 31.2. The lowest BCUT2D eigenvalue weighted by molar-refractivity contribution is 0.670. The molecule has 47 heavy (non-hydrogen) atoms. The molecule has 0 amide bonds. The molecule has 4 heteroatoms. The van der Waals surface area contributed by atoms with Gasteiger partial charge in [0.15, 0.2) is 17.5 Å². The minimum Gasteiger partial charge on any atom is -0.455 e. The van der Waals surface area contributed by atoms with E-state index in [9.17, 15) is 0 Å². The maximum Gasteiger partial charge on any atom is 0.164 e. The molecule has 9 aromatic rings. The molecule has 0 spiro atoms.